The molecule has 5 aromatic carbocycles. The van der Waals surface area contributed by atoms with Gasteiger partial charge in [0.25, 0.3) is 0 Å². The Hall–Kier alpha value is -4.36. The molecule has 1 aromatic heterocycles. The van der Waals surface area contributed by atoms with E-state index in [9.17, 15) is 0 Å². The summed E-state index contributed by atoms with van der Waals surface area (Å²) in [5.74, 6) is 0. The molecule has 36 heavy (non-hydrogen) atoms. The summed E-state index contributed by atoms with van der Waals surface area (Å²) in [4.78, 5) is 0. The maximum absolute atomic E-state index is 4.40. The summed E-state index contributed by atoms with van der Waals surface area (Å²) in [6.07, 6.45) is 2.16. The van der Waals surface area contributed by atoms with Crippen LogP contribution in [0.3, 0.4) is 0 Å². The molecule has 0 aliphatic rings. The molecule has 0 fully saturated rings. The van der Waals surface area contributed by atoms with Gasteiger partial charge in [-0.3, -0.25) is 0 Å². The Morgan fingerprint density at radius 3 is 2.03 bits per heavy atom. The molecule has 0 aliphatic heterocycles. The summed E-state index contributed by atoms with van der Waals surface area (Å²) in [5.41, 5.74) is 8.72. The number of para-hydroxylation sites is 2. The lowest BCUT2D eigenvalue weighted by atomic mass is 9.90. The highest BCUT2D eigenvalue weighted by Crippen LogP contribution is 2.33. The minimum absolute atomic E-state index is 1.04. The largest absolute Gasteiger partial charge is 0.309 e. The van der Waals surface area contributed by atoms with E-state index in [2.05, 4.69) is 139 Å². The Labute approximate surface area is 212 Å². The topological polar surface area (TPSA) is 4.93 Å². The smallest absolute Gasteiger partial charge is 0.0541 e. The van der Waals surface area contributed by atoms with Crippen LogP contribution in [0.2, 0.25) is 0 Å². The van der Waals surface area contributed by atoms with Crippen molar-refractivity contribution in [1.29, 1.82) is 0 Å². The number of hydrogen-bond acceptors (Lipinski definition) is 0. The van der Waals surface area contributed by atoms with Crippen LogP contribution in [0, 0.1) is 0 Å². The second-order valence-electron chi connectivity index (χ2n) is 9.36. The molecule has 6 aromatic rings. The van der Waals surface area contributed by atoms with Crippen molar-refractivity contribution in [2.24, 2.45) is 0 Å². The molecule has 0 radical (unpaired) electrons. The van der Waals surface area contributed by atoms with Crippen LogP contribution in [-0.2, 0) is 6.42 Å². The van der Waals surface area contributed by atoms with Crippen molar-refractivity contribution in [3.8, 4) is 5.69 Å². The normalized spacial score (nSPS) is 12.2. The molecule has 0 N–H and O–H groups in total. The van der Waals surface area contributed by atoms with E-state index in [0.29, 0.717) is 0 Å². The predicted octanol–water partition coefficient (Wildman–Crippen LogP) is 7.39. The summed E-state index contributed by atoms with van der Waals surface area (Å²) in [6.45, 7) is 6.64. The standard InChI is InChI=1S/C35H29N/c1-3-13-26-15-5-7-19-30(26)35(29-18-6-4-14-25(29)2)27-16-12-17-28(24-27)36-33-22-10-8-20-31(33)32-21-9-11-23-34(32)36/h4-12,14-24H,2-3,13H2,1H3/b35-29-. The van der Waals surface area contributed by atoms with Gasteiger partial charge in [-0.25, -0.2) is 0 Å². The molecule has 174 valence electrons. The van der Waals surface area contributed by atoms with Crippen molar-refractivity contribution >= 4 is 34.0 Å². The van der Waals surface area contributed by atoms with Crippen molar-refractivity contribution in [1.82, 2.24) is 4.57 Å². The van der Waals surface area contributed by atoms with Gasteiger partial charge in [0.05, 0.1) is 11.0 Å². The molecular weight excluding hydrogens is 434 g/mol. The van der Waals surface area contributed by atoms with E-state index in [-0.39, 0.29) is 0 Å². The van der Waals surface area contributed by atoms with Gasteiger partial charge in [-0.15, -0.1) is 0 Å². The lowest BCUT2D eigenvalue weighted by Gasteiger charge is -2.16. The van der Waals surface area contributed by atoms with Gasteiger partial charge in [-0.05, 0) is 63.4 Å². The number of nitrogens with zero attached hydrogens (tertiary/aromatic N) is 1. The Kier molecular flexibility index (Phi) is 5.75. The first-order valence-corrected chi connectivity index (χ1v) is 12.7. The fourth-order valence-corrected chi connectivity index (χ4v) is 5.47. The van der Waals surface area contributed by atoms with Crippen LogP contribution in [-0.4, -0.2) is 4.57 Å². The molecule has 0 saturated carbocycles. The quantitative estimate of drug-likeness (QED) is 0.251. The van der Waals surface area contributed by atoms with E-state index in [1.165, 1.54) is 49.3 Å². The van der Waals surface area contributed by atoms with Gasteiger partial charge in [0.1, 0.15) is 0 Å². The van der Waals surface area contributed by atoms with Crippen LogP contribution in [0.25, 0.3) is 39.6 Å². The predicted molar refractivity (Wildman–Crippen MR) is 154 cm³/mol. The second kappa shape index (κ2) is 9.36. The van der Waals surface area contributed by atoms with Crippen molar-refractivity contribution in [3.05, 3.63) is 148 Å². The molecular formula is C35H29N. The maximum Gasteiger partial charge on any atom is 0.0541 e. The number of fused-ring (bicyclic) bond motifs is 3. The summed E-state index contributed by atoms with van der Waals surface area (Å²) < 4.78 is 2.39. The summed E-state index contributed by atoms with van der Waals surface area (Å²) in [6, 6.07) is 43.7. The molecule has 0 amide bonds. The van der Waals surface area contributed by atoms with Gasteiger partial charge in [0, 0.05) is 16.5 Å². The SMILES string of the molecule is C=c1cccc/c1=C(\c1cccc(-n2c3ccccc3c3ccccc32)c1)c1ccccc1CCC. The Bertz CT molecular complexity index is 1770. The lowest BCUT2D eigenvalue weighted by molar-refractivity contribution is 0.918. The zero-order valence-electron chi connectivity index (χ0n) is 20.6. The van der Waals surface area contributed by atoms with Gasteiger partial charge in [0.2, 0.25) is 0 Å². The Balaban J connectivity index is 1.67. The summed E-state index contributed by atoms with van der Waals surface area (Å²) in [5, 5.41) is 4.78. The van der Waals surface area contributed by atoms with Crippen molar-refractivity contribution in [3.63, 3.8) is 0 Å². The molecule has 6 rings (SSSR count). The second-order valence-corrected chi connectivity index (χ2v) is 9.36. The van der Waals surface area contributed by atoms with Gasteiger partial charge in [-0.1, -0.05) is 117 Å². The highest BCUT2D eigenvalue weighted by Gasteiger charge is 2.15. The molecule has 0 aliphatic carbocycles. The van der Waals surface area contributed by atoms with Crippen molar-refractivity contribution < 1.29 is 0 Å². The molecule has 1 heterocycles. The van der Waals surface area contributed by atoms with E-state index in [4.69, 9.17) is 0 Å². The highest BCUT2D eigenvalue weighted by atomic mass is 15.0. The van der Waals surface area contributed by atoms with Crippen LogP contribution in [0.1, 0.15) is 30.0 Å². The van der Waals surface area contributed by atoms with E-state index >= 15 is 0 Å². The van der Waals surface area contributed by atoms with Crippen LogP contribution in [0.15, 0.2) is 121 Å². The number of rotatable bonds is 5. The van der Waals surface area contributed by atoms with Crippen molar-refractivity contribution in [2.75, 3.05) is 0 Å². The first kappa shape index (κ1) is 22.1. The fourth-order valence-electron chi connectivity index (χ4n) is 5.47. The first-order chi connectivity index (χ1) is 17.8. The lowest BCUT2D eigenvalue weighted by Crippen LogP contribution is -2.26. The van der Waals surface area contributed by atoms with E-state index < -0.39 is 0 Å². The third-order valence-corrected chi connectivity index (χ3v) is 7.07. The van der Waals surface area contributed by atoms with Crippen LogP contribution >= 0.6 is 0 Å². The number of aryl methyl sites for hydroxylation is 1. The molecule has 0 bridgehead atoms. The zero-order chi connectivity index (χ0) is 24.5. The van der Waals surface area contributed by atoms with E-state index in [0.717, 1.165) is 23.7 Å². The molecule has 0 unspecified atom stereocenters. The monoisotopic (exact) mass is 463 g/mol. The average molecular weight is 464 g/mol. The van der Waals surface area contributed by atoms with Crippen LogP contribution in [0.4, 0.5) is 0 Å². The molecule has 0 saturated heterocycles. The minimum atomic E-state index is 1.04. The molecule has 1 heteroatoms. The Morgan fingerprint density at radius 2 is 1.31 bits per heavy atom. The zero-order valence-corrected chi connectivity index (χ0v) is 20.6. The van der Waals surface area contributed by atoms with E-state index in [1.54, 1.807) is 0 Å². The third kappa shape index (κ3) is 3.74. The molecule has 1 nitrogen and oxygen atoms in total. The van der Waals surface area contributed by atoms with Gasteiger partial charge in [0.15, 0.2) is 0 Å². The van der Waals surface area contributed by atoms with Gasteiger partial charge < -0.3 is 4.57 Å². The van der Waals surface area contributed by atoms with Crippen LogP contribution in [0.5, 0.6) is 0 Å². The maximum atomic E-state index is 4.40. The number of hydrogen-bond donors (Lipinski definition) is 0. The first-order valence-electron chi connectivity index (χ1n) is 12.7. The number of aromatic nitrogens is 1. The van der Waals surface area contributed by atoms with Gasteiger partial charge >= 0.3 is 0 Å². The summed E-state index contributed by atoms with van der Waals surface area (Å²) in [7, 11) is 0. The number of benzene rings is 5. The van der Waals surface area contributed by atoms with Crippen molar-refractivity contribution in [2.45, 2.75) is 19.8 Å². The average Bonchev–Trinajstić information content (AvgIpc) is 3.26. The summed E-state index contributed by atoms with van der Waals surface area (Å²) >= 11 is 0. The van der Waals surface area contributed by atoms with E-state index in [1.807, 2.05) is 0 Å². The molecule has 0 atom stereocenters. The molecule has 0 spiro atoms. The minimum Gasteiger partial charge on any atom is -0.309 e. The van der Waals surface area contributed by atoms with Gasteiger partial charge in [-0.2, -0.15) is 0 Å². The Morgan fingerprint density at radius 1 is 0.667 bits per heavy atom. The fraction of sp³-hybridized carbons (Fsp3) is 0.0857. The third-order valence-electron chi connectivity index (χ3n) is 7.07. The highest BCUT2D eigenvalue weighted by molar-refractivity contribution is 6.09. The van der Waals surface area contributed by atoms with Crippen LogP contribution < -0.4 is 10.4 Å².